The lowest BCUT2D eigenvalue weighted by Gasteiger charge is -2.05. The van der Waals surface area contributed by atoms with E-state index in [1.807, 2.05) is 30.3 Å². The smallest absolute Gasteiger partial charge is 0.287 e. The normalized spacial score (nSPS) is 16.0. The van der Waals surface area contributed by atoms with Crippen molar-refractivity contribution in [1.29, 1.82) is 0 Å². The molecule has 0 aromatic heterocycles. The molecule has 3 heteroatoms. The van der Waals surface area contributed by atoms with Gasteiger partial charge in [0.25, 0.3) is 6.23 Å². The summed E-state index contributed by atoms with van der Waals surface area (Å²) >= 11 is 0. The minimum Gasteiger partial charge on any atom is -0.443 e. The average Bonchev–Trinajstić information content (AvgIpc) is 2.58. The van der Waals surface area contributed by atoms with Crippen LogP contribution in [0.4, 0.5) is 0 Å². The van der Waals surface area contributed by atoms with E-state index in [9.17, 15) is 0 Å². The fourth-order valence-electron chi connectivity index (χ4n) is 0.913. The number of rotatable bonds is 1. The molecule has 0 bridgehead atoms. The molecule has 3 nitrogen and oxygen atoms in total. The summed E-state index contributed by atoms with van der Waals surface area (Å²) in [7, 11) is 0. The van der Waals surface area contributed by atoms with E-state index in [1.165, 1.54) is 6.40 Å². The van der Waals surface area contributed by atoms with Crippen LogP contribution in [0.5, 0.6) is 0 Å². The van der Waals surface area contributed by atoms with Crippen LogP contribution < -0.4 is 5.43 Å². The Balaban J connectivity index is 2.17. The van der Waals surface area contributed by atoms with Crippen molar-refractivity contribution in [3.8, 4) is 0 Å². The summed E-state index contributed by atoms with van der Waals surface area (Å²) in [6.07, 6.45) is 2.06. The molecule has 1 radical (unpaired) electrons. The highest BCUT2D eigenvalue weighted by molar-refractivity contribution is 5.52. The van der Waals surface area contributed by atoms with Gasteiger partial charge in [-0.15, -0.1) is 5.10 Å². The molecule has 0 spiro atoms. The minimum absolute atomic E-state index is 0.686. The fraction of sp³-hybridized carbons (Fsp3) is 0. The van der Waals surface area contributed by atoms with E-state index in [4.69, 9.17) is 4.74 Å². The number of hydrogen-bond donors (Lipinski definition) is 1. The van der Waals surface area contributed by atoms with Gasteiger partial charge < -0.3 is 4.74 Å². The van der Waals surface area contributed by atoms with E-state index in [0.29, 0.717) is 6.23 Å². The summed E-state index contributed by atoms with van der Waals surface area (Å²) < 4.78 is 5.05. The molecule has 0 saturated carbocycles. The highest BCUT2D eigenvalue weighted by Crippen LogP contribution is 2.13. The van der Waals surface area contributed by atoms with E-state index in [1.54, 1.807) is 0 Å². The Morgan fingerprint density at radius 2 is 2.00 bits per heavy atom. The number of hydrogen-bond acceptors (Lipinski definition) is 3. The van der Waals surface area contributed by atoms with Crippen molar-refractivity contribution in [3.05, 3.63) is 42.1 Å². The van der Waals surface area contributed by atoms with E-state index in [0.717, 1.165) is 5.56 Å². The predicted octanol–water partition coefficient (Wildman–Crippen LogP) is 1.09. The van der Waals surface area contributed by atoms with Crippen LogP contribution in [-0.2, 0) is 4.74 Å². The lowest BCUT2D eigenvalue weighted by Crippen LogP contribution is -2.11. The van der Waals surface area contributed by atoms with Crippen LogP contribution in [0.2, 0.25) is 0 Å². The van der Waals surface area contributed by atoms with Crippen molar-refractivity contribution in [1.82, 2.24) is 5.43 Å². The lowest BCUT2D eigenvalue weighted by atomic mass is 10.2. The van der Waals surface area contributed by atoms with Crippen molar-refractivity contribution >= 4 is 6.40 Å². The number of nitrogens with one attached hydrogen (secondary N) is 1. The van der Waals surface area contributed by atoms with E-state index in [2.05, 4.69) is 10.5 Å². The number of hydrazone groups is 1. The second kappa shape index (κ2) is 2.62. The molecule has 0 fully saturated rings. The number of benzene rings is 1. The topological polar surface area (TPSA) is 33.6 Å². The minimum atomic E-state index is 0.686. The maximum absolute atomic E-state index is 5.05. The molecule has 1 aromatic carbocycles. The highest BCUT2D eigenvalue weighted by Gasteiger charge is 2.15. The fourth-order valence-corrected chi connectivity index (χ4v) is 0.913. The summed E-state index contributed by atoms with van der Waals surface area (Å²) in [5, 5.41) is 3.71. The van der Waals surface area contributed by atoms with E-state index >= 15 is 0 Å². The van der Waals surface area contributed by atoms with Gasteiger partial charge in [-0.3, -0.25) is 5.43 Å². The molecule has 11 heavy (non-hydrogen) atoms. The van der Waals surface area contributed by atoms with Crippen molar-refractivity contribution in [2.24, 2.45) is 5.10 Å². The molecule has 1 heterocycles. The van der Waals surface area contributed by atoms with Gasteiger partial charge in [0.1, 0.15) is 0 Å². The zero-order valence-corrected chi connectivity index (χ0v) is 5.82. The summed E-state index contributed by atoms with van der Waals surface area (Å²) in [6, 6.07) is 9.77. The molecule has 0 atom stereocenters. The molecule has 0 unspecified atom stereocenters. The largest absolute Gasteiger partial charge is 0.443 e. The maximum atomic E-state index is 5.05. The zero-order valence-electron chi connectivity index (χ0n) is 5.82. The van der Waals surface area contributed by atoms with Crippen LogP contribution >= 0.6 is 0 Å². The van der Waals surface area contributed by atoms with Gasteiger partial charge in [0.05, 0.1) is 0 Å². The van der Waals surface area contributed by atoms with Crippen LogP contribution in [0.3, 0.4) is 0 Å². The van der Waals surface area contributed by atoms with Gasteiger partial charge in [-0.25, -0.2) is 0 Å². The zero-order chi connectivity index (χ0) is 7.52. The van der Waals surface area contributed by atoms with Crippen molar-refractivity contribution in [2.45, 2.75) is 0 Å². The Morgan fingerprint density at radius 1 is 1.18 bits per heavy atom. The van der Waals surface area contributed by atoms with Gasteiger partial charge in [-0.05, 0) is 0 Å². The van der Waals surface area contributed by atoms with Crippen molar-refractivity contribution in [2.75, 3.05) is 0 Å². The number of ether oxygens (including phenoxy) is 1. The van der Waals surface area contributed by atoms with Crippen LogP contribution in [0.25, 0.3) is 0 Å². The highest BCUT2D eigenvalue weighted by atomic mass is 16.5. The molecule has 55 valence electrons. The van der Waals surface area contributed by atoms with Gasteiger partial charge >= 0.3 is 0 Å². The molecule has 0 saturated heterocycles. The maximum Gasteiger partial charge on any atom is 0.287 e. The first-order valence-electron chi connectivity index (χ1n) is 3.33. The van der Waals surface area contributed by atoms with E-state index < -0.39 is 0 Å². The van der Waals surface area contributed by atoms with Crippen LogP contribution in [0.1, 0.15) is 5.56 Å². The van der Waals surface area contributed by atoms with Gasteiger partial charge in [0.2, 0.25) is 0 Å². The monoisotopic (exact) mass is 147 g/mol. The summed E-state index contributed by atoms with van der Waals surface area (Å²) in [6.45, 7) is 0. The van der Waals surface area contributed by atoms with Crippen LogP contribution in [-0.4, -0.2) is 6.40 Å². The molecular formula is C8H7N2O. The first kappa shape index (κ1) is 6.22. The second-order valence-electron chi connectivity index (χ2n) is 2.16. The molecule has 1 aliphatic heterocycles. The van der Waals surface area contributed by atoms with Crippen molar-refractivity contribution in [3.63, 3.8) is 0 Å². The Labute approximate surface area is 64.7 Å². The summed E-state index contributed by atoms with van der Waals surface area (Å²) in [5.74, 6) is 0. The first-order valence-corrected chi connectivity index (χ1v) is 3.33. The first-order chi connectivity index (χ1) is 5.47. The third-order valence-corrected chi connectivity index (χ3v) is 1.43. The Morgan fingerprint density at radius 3 is 2.64 bits per heavy atom. The third-order valence-electron chi connectivity index (χ3n) is 1.43. The van der Waals surface area contributed by atoms with E-state index in [-0.39, 0.29) is 0 Å². The molecule has 0 amide bonds. The average molecular weight is 147 g/mol. The van der Waals surface area contributed by atoms with Crippen molar-refractivity contribution < 1.29 is 4.74 Å². The lowest BCUT2D eigenvalue weighted by molar-refractivity contribution is 0.351. The van der Waals surface area contributed by atoms with Gasteiger partial charge in [-0.2, -0.15) is 0 Å². The molecule has 0 aliphatic carbocycles. The second-order valence-corrected chi connectivity index (χ2v) is 2.16. The standard InChI is InChI=1S/C8H7N2O/c1-2-4-7(5-3-1)8-10-9-6-11-8/h1-6,10H. The number of nitrogens with zero attached hydrogens (tertiary/aromatic N) is 1. The van der Waals surface area contributed by atoms with Crippen LogP contribution in [0.15, 0.2) is 35.4 Å². The van der Waals surface area contributed by atoms with Gasteiger partial charge in [-0.1, -0.05) is 30.3 Å². The SMILES string of the molecule is C1=NN[C](c2ccccc2)O1. The quantitative estimate of drug-likeness (QED) is 0.645. The molecule has 1 aliphatic rings. The molecule has 1 N–H and O–H groups in total. The Kier molecular flexibility index (Phi) is 1.48. The summed E-state index contributed by atoms with van der Waals surface area (Å²) in [4.78, 5) is 0. The Bertz CT molecular complexity index is 250. The predicted molar refractivity (Wildman–Crippen MR) is 41.5 cm³/mol. The third kappa shape index (κ3) is 1.17. The molecule has 1 aromatic rings. The molecular weight excluding hydrogens is 140 g/mol. The summed E-state index contributed by atoms with van der Waals surface area (Å²) in [5.41, 5.74) is 3.74. The van der Waals surface area contributed by atoms with Crippen LogP contribution in [0, 0.1) is 6.23 Å². The molecule has 2 rings (SSSR count). The van der Waals surface area contributed by atoms with Gasteiger partial charge in [0.15, 0.2) is 6.40 Å². The van der Waals surface area contributed by atoms with Gasteiger partial charge in [0, 0.05) is 5.56 Å². The Hall–Kier alpha value is -1.51.